The number of hydrogen-bond acceptors (Lipinski definition) is 4. The predicted octanol–water partition coefficient (Wildman–Crippen LogP) is 4.38. The van der Waals surface area contributed by atoms with Gasteiger partial charge in [-0.15, -0.1) is 0 Å². The minimum Gasteiger partial charge on any atom is -0.507 e. The van der Waals surface area contributed by atoms with Crippen LogP contribution in [0.4, 0.5) is 0 Å². The average Bonchev–Trinajstić information content (AvgIpc) is 2.60. The molecule has 0 saturated carbocycles. The Bertz CT molecular complexity index is 780. The van der Waals surface area contributed by atoms with Crippen LogP contribution in [0.25, 0.3) is 6.08 Å². The Labute approximate surface area is 151 Å². The summed E-state index contributed by atoms with van der Waals surface area (Å²) < 4.78 is 0. The summed E-state index contributed by atoms with van der Waals surface area (Å²) in [7, 11) is 0. The summed E-state index contributed by atoms with van der Waals surface area (Å²) in [5, 5.41) is 35.8. The Morgan fingerprint density at radius 3 is 2.08 bits per heavy atom. The molecule has 6 heteroatoms. The number of hydrogen-bond donors (Lipinski definition) is 4. The fourth-order valence-electron chi connectivity index (χ4n) is 2.06. The molecule has 26 heavy (non-hydrogen) atoms. The minimum absolute atomic E-state index is 0.0577. The second kappa shape index (κ2) is 10.6. The molecule has 4 N–H and O–H groups in total. The number of carbonyl (C=O) groups is 2. The molecular formula is C20H22O6. The second-order valence-electron chi connectivity index (χ2n) is 5.42. The molecule has 0 amide bonds. The summed E-state index contributed by atoms with van der Waals surface area (Å²) >= 11 is 0. The van der Waals surface area contributed by atoms with Gasteiger partial charge in [0.2, 0.25) is 0 Å². The molecule has 138 valence electrons. The lowest BCUT2D eigenvalue weighted by atomic mass is 10.1. The fraction of sp³-hybridized carbons (Fsp3) is 0.200. The van der Waals surface area contributed by atoms with E-state index < -0.39 is 11.9 Å². The van der Waals surface area contributed by atoms with Crippen LogP contribution in [0.15, 0.2) is 48.5 Å². The molecule has 0 fully saturated rings. The van der Waals surface area contributed by atoms with Gasteiger partial charge < -0.3 is 20.4 Å². The van der Waals surface area contributed by atoms with Crippen LogP contribution in [-0.2, 0) is 0 Å². The molecule has 0 aliphatic carbocycles. The summed E-state index contributed by atoms with van der Waals surface area (Å²) in [6.45, 7) is 2.11. The molecule has 2 aromatic rings. The van der Waals surface area contributed by atoms with Crippen LogP contribution >= 0.6 is 0 Å². The third-order valence-corrected chi connectivity index (χ3v) is 3.45. The highest BCUT2D eigenvalue weighted by Crippen LogP contribution is 2.23. The number of carboxylic acids is 2. The number of carboxylic acid groups (broad SMARTS) is 2. The zero-order chi connectivity index (χ0) is 19.5. The highest BCUT2D eigenvalue weighted by molar-refractivity contribution is 5.92. The quantitative estimate of drug-likeness (QED) is 0.570. The molecule has 0 aliphatic rings. The van der Waals surface area contributed by atoms with Crippen LogP contribution in [0.3, 0.4) is 0 Å². The molecule has 0 atom stereocenters. The van der Waals surface area contributed by atoms with Gasteiger partial charge in [0.25, 0.3) is 0 Å². The second-order valence-corrected chi connectivity index (χ2v) is 5.42. The molecule has 0 bridgehead atoms. The average molecular weight is 358 g/mol. The Hall–Kier alpha value is -3.28. The van der Waals surface area contributed by atoms with E-state index in [9.17, 15) is 14.7 Å². The molecule has 0 aliphatic heterocycles. The molecule has 2 aromatic carbocycles. The van der Waals surface area contributed by atoms with E-state index in [-0.39, 0.29) is 22.6 Å². The van der Waals surface area contributed by atoms with Crippen LogP contribution in [0.5, 0.6) is 11.5 Å². The van der Waals surface area contributed by atoms with Crippen LogP contribution in [0.1, 0.15) is 52.5 Å². The van der Waals surface area contributed by atoms with E-state index in [2.05, 4.69) is 6.92 Å². The van der Waals surface area contributed by atoms with Crippen molar-refractivity contribution in [3.8, 4) is 11.5 Å². The van der Waals surface area contributed by atoms with Crippen molar-refractivity contribution in [1.29, 1.82) is 0 Å². The molecule has 0 radical (unpaired) electrons. The van der Waals surface area contributed by atoms with Gasteiger partial charge >= 0.3 is 11.9 Å². The highest BCUT2D eigenvalue weighted by atomic mass is 16.4. The number of rotatable bonds is 6. The number of phenols is 2. The Kier molecular flexibility index (Phi) is 8.43. The van der Waals surface area contributed by atoms with E-state index in [1.807, 2.05) is 6.08 Å². The van der Waals surface area contributed by atoms with Crippen molar-refractivity contribution in [3.05, 3.63) is 65.2 Å². The molecule has 0 aromatic heterocycles. The van der Waals surface area contributed by atoms with Gasteiger partial charge in [-0.05, 0) is 24.6 Å². The summed E-state index contributed by atoms with van der Waals surface area (Å²) in [5.41, 5.74) is 0.427. The van der Waals surface area contributed by atoms with Crippen LogP contribution in [0.2, 0.25) is 0 Å². The number of allylic oxidation sites excluding steroid dienone is 1. The van der Waals surface area contributed by atoms with Gasteiger partial charge in [0.15, 0.2) is 0 Å². The zero-order valence-corrected chi connectivity index (χ0v) is 14.4. The van der Waals surface area contributed by atoms with Crippen molar-refractivity contribution in [2.75, 3.05) is 0 Å². The maximum absolute atomic E-state index is 10.8. The van der Waals surface area contributed by atoms with E-state index in [0.29, 0.717) is 5.56 Å². The summed E-state index contributed by atoms with van der Waals surface area (Å²) in [5.74, 6) is -2.59. The fourth-order valence-corrected chi connectivity index (χ4v) is 2.06. The van der Waals surface area contributed by atoms with E-state index in [0.717, 1.165) is 19.3 Å². The maximum Gasteiger partial charge on any atom is 0.339 e. The zero-order valence-electron chi connectivity index (χ0n) is 14.4. The third-order valence-electron chi connectivity index (χ3n) is 3.45. The van der Waals surface area contributed by atoms with Crippen LogP contribution in [-0.4, -0.2) is 32.4 Å². The molecule has 2 rings (SSSR count). The van der Waals surface area contributed by atoms with Gasteiger partial charge in [-0.3, -0.25) is 0 Å². The van der Waals surface area contributed by atoms with Crippen molar-refractivity contribution in [3.63, 3.8) is 0 Å². The molecule has 0 heterocycles. The molecule has 0 unspecified atom stereocenters. The largest absolute Gasteiger partial charge is 0.507 e. The van der Waals surface area contributed by atoms with Crippen molar-refractivity contribution in [2.45, 2.75) is 26.2 Å². The van der Waals surface area contributed by atoms with Gasteiger partial charge in [-0.2, -0.15) is 0 Å². The molecule has 0 saturated heterocycles. The first-order valence-corrected chi connectivity index (χ1v) is 8.11. The number of aromatic hydroxyl groups is 2. The van der Waals surface area contributed by atoms with Crippen molar-refractivity contribution < 1.29 is 30.0 Å². The number of para-hydroxylation sites is 2. The molecular weight excluding hydrogens is 336 g/mol. The lowest BCUT2D eigenvalue weighted by Gasteiger charge is -2.02. The monoisotopic (exact) mass is 358 g/mol. The normalized spacial score (nSPS) is 10.2. The lowest BCUT2D eigenvalue weighted by Crippen LogP contribution is -1.97. The van der Waals surface area contributed by atoms with Gasteiger partial charge in [-0.1, -0.05) is 56.2 Å². The summed E-state index contributed by atoms with van der Waals surface area (Å²) in [4.78, 5) is 21.0. The summed E-state index contributed by atoms with van der Waals surface area (Å²) in [6.07, 6.45) is 6.86. The first kappa shape index (κ1) is 20.8. The lowest BCUT2D eigenvalue weighted by molar-refractivity contribution is 0.0682. The third kappa shape index (κ3) is 6.32. The van der Waals surface area contributed by atoms with E-state index in [1.54, 1.807) is 30.3 Å². The number of benzene rings is 2. The standard InChI is InChI=1S/C13H16O3.C7H6O3/c1-2-3-4-5-7-10-8-6-9-11(12(10)14)13(15)16;8-6-4-2-1-3-5(6)7(9)10/h5-9,14H,2-4H2,1H3,(H,15,16);1-4,8H,(H,9,10)/b7-5-;. The summed E-state index contributed by atoms with van der Waals surface area (Å²) in [6, 6.07) is 10.5. The Morgan fingerprint density at radius 2 is 1.54 bits per heavy atom. The van der Waals surface area contributed by atoms with Gasteiger partial charge in [-0.25, -0.2) is 9.59 Å². The molecule has 6 nitrogen and oxygen atoms in total. The smallest absolute Gasteiger partial charge is 0.339 e. The van der Waals surface area contributed by atoms with Crippen molar-refractivity contribution >= 4 is 18.0 Å². The number of aromatic carboxylic acids is 2. The first-order valence-electron chi connectivity index (χ1n) is 8.11. The van der Waals surface area contributed by atoms with E-state index >= 15 is 0 Å². The first-order chi connectivity index (χ1) is 12.4. The minimum atomic E-state index is -1.11. The van der Waals surface area contributed by atoms with Crippen molar-refractivity contribution in [1.82, 2.24) is 0 Å². The SMILES string of the molecule is CCCC/C=C\c1cccc(C(=O)O)c1O.O=C(O)c1ccccc1O. The van der Waals surface area contributed by atoms with Gasteiger partial charge in [0.1, 0.15) is 22.6 Å². The van der Waals surface area contributed by atoms with Crippen LogP contribution in [0, 0.1) is 0 Å². The van der Waals surface area contributed by atoms with Crippen LogP contribution < -0.4 is 0 Å². The number of unbranched alkanes of at least 4 members (excludes halogenated alkanes) is 2. The maximum atomic E-state index is 10.8. The van der Waals surface area contributed by atoms with E-state index in [1.165, 1.54) is 18.2 Å². The van der Waals surface area contributed by atoms with Gasteiger partial charge in [0, 0.05) is 5.56 Å². The topological polar surface area (TPSA) is 115 Å². The van der Waals surface area contributed by atoms with E-state index in [4.69, 9.17) is 15.3 Å². The van der Waals surface area contributed by atoms with Gasteiger partial charge in [0.05, 0.1) is 0 Å². The Balaban J connectivity index is 0.000000289. The molecule has 0 spiro atoms. The Morgan fingerprint density at radius 1 is 0.923 bits per heavy atom. The van der Waals surface area contributed by atoms with Crippen molar-refractivity contribution in [2.24, 2.45) is 0 Å². The highest BCUT2D eigenvalue weighted by Gasteiger charge is 2.10. The predicted molar refractivity (Wildman–Crippen MR) is 98.7 cm³/mol.